The van der Waals surface area contributed by atoms with E-state index in [1.165, 1.54) is 17.7 Å². The number of benzene rings is 1. The minimum Gasteiger partial charge on any atom is -0.327 e. The van der Waals surface area contributed by atoms with Gasteiger partial charge in [0.15, 0.2) is 0 Å². The maximum absolute atomic E-state index is 12.7. The van der Waals surface area contributed by atoms with Gasteiger partial charge in [-0.2, -0.15) is 0 Å². The molecule has 0 aliphatic carbocycles. The second-order valence-corrected chi connectivity index (χ2v) is 5.18. The largest absolute Gasteiger partial charge is 0.327 e. The van der Waals surface area contributed by atoms with Gasteiger partial charge in [0.05, 0.1) is 0 Å². The predicted octanol–water partition coefficient (Wildman–Crippen LogP) is 2.88. The molecule has 2 nitrogen and oxygen atoms in total. The van der Waals surface area contributed by atoms with Crippen molar-refractivity contribution in [1.82, 2.24) is 4.98 Å². The van der Waals surface area contributed by atoms with Crippen LogP contribution < -0.4 is 5.73 Å². The molecule has 1 atom stereocenters. The molecule has 1 aromatic heterocycles. The molecular formula is C14H15FN2S. The van der Waals surface area contributed by atoms with Crippen LogP contribution in [0.4, 0.5) is 4.39 Å². The van der Waals surface area contributed by atoms with Gasteiger partial charge in [-0.05, 0) is 48.4 Å². The summed E-state index contributed by atoms with van der Waals surface area (Å²) in [4.78, 5) is 5.02. The van der Waals surface area contributed by atoms with Gasteiger partial charge in [-0.3, -0.25) is 4.98 Å². The van der Waals surface area contributed by atoms with Crippen molar-refractivity contribution in [2.75, 3.05) is 5.75 Å². The van der Waals surface area contributed by atoms with E-state index in [2.05, 4.69) is 4.98 Å². The van der Waals surface area contributed by atoms with Gasteiger partial charge in [-0.25, -0.2) is 4.39 Å². The maximum atomic E-state index is 12.7. The quantitative estimate of drug-likeness (QED) is 0.842. The molecule has 0 spiro atoms. The van der Waals surface area contributed by atoms with Crippen molar-refractivity contribution in [2.45, 2.75) is 17.4 Å². The van der Waals surface area contributed by atoms with Crippen LogP contribution in [0.25, 0.3) is 0 Å². The molecule has 18 heavy (non-hydrogen) atoms. The molecule has 0 amide bonds. The van der Waals surface area contributed by atoms with E-state index in [0.717, 1.165) is 17.1 Å². The van der Waals surface area contributed by atoms with E-state index >= 15 is 0 Å². The minimum atomic E-state index is -0.208. The molecule has 4 heteroatoms. The lowest BCUT2D eigenvalue weighted by Crippen LogP contribution is -2.25. The zero-order valence-corrected chi connectivity index (χ0v) is 10.7. The van der Waals surface area contributed by atoms with Crippen LogP contribution in [0.5, 0.6) is 0 Å². The molecule has 0 bridgehead atoms. The van der Waals surface area contributed by atoms with Crippen LogP contribution in [0.1, 0.15) is 5.56 Å². The minimum absolute atomic E-state index is 0.0856. The summed E-state index contributed by atoms with van der Waals surface area (Å²) < 4.78 is 12.7. The molecule has 0 aliphatic heterocycles. The van der Waals surface area contributed by atoms with Gasteiger partial charge in [0.2, 0.25) is 0 Å². The standard InChI is InChI=1S/C14H15FN2S/c15-12-1-3-14(4-2-12)18-10-13(16)9-11-5-7-17-8-6-11/h1-8,13H,9-10,16H2. The SMILES string of the molecule is NC(CSc1ccc(F)cc1)Cc1ccncc1. The first kappa shape index (κ1) is 13.1. The molecule has 1 aromatic carbocycles. The zero-order valence-electron chi connectivity index (χ0n) is 9.92. The van der Waals surface area contributed by atoms with Crippen molar-refractivity contribution in [2.24, 2.45) is 5.73 Å². The summed E-state index contributed by atoms with van der Waals surface area (Å²) in [6.45, 7) is 0. The highest BCUT2D eigenvalue weighted by atomic mass is 32.2. The lowest BCUT2D eigenvalue weighted by atomic mass is 10.1. The lowest BCUT2D eigenvalue weighted by molar-refractivity contribution is 0.626. The Morgan fingerprint density at radius 3 is 2.44 bits per heavy atom. The molecule has 94 valence electrons. The molecule has 0 radical (unpaired) electrons. The first-order valence-electron chi connectivity index (χ1n) is 5.77. The number of rotatable bonds is 5. The Labute approximate surface area is 110 Å². The average molecular weight is 262 g/mol. The van der Waals surface area contributed by atoms with Crippen LogP contribution in [-0.4, -0.2) is 16.8 Å². The number of thioether (sulfide) groups is 1. The Kier molecular flexibility index (Phi) is 4.73. The molecule has 2 aromatic rings. The molecule has 0 saturated heterocycles. The normalized spacial score (nSPS) is 12.3. The van der Waals surface area contributed by atoms with Crippen molar-refractivity contribution in [3.8, 4) is 0 Å². The third kappa shape index (κ3) is 4.13. The summed E-state index contributed by atoms with van der Waals surface area (Å²) >= 11 is 1.65. The molecule has 1 unspecified atom stereocenters. The predicted molar refractivity (Wildman–Crippen MR) is 73.0 cm³/mol. The number of nitrogens with two attached hydrogens (primary N) is 1. The molecule has 1 heterocycles. The van der Waals surface area contributed by atoms with Gasteiger partial charge in [0, 0.05) is 29.1 Å². The van der Waals surface area contributed by atoms with Crippen LogP contribution in [0, 0.1) is 5.82 Å². The number of pyridine rings is 1. The van der Waals surface area contributed by atoms with Gasteiger partial charge in [-0.1, -0.05) is 0 Å². The zero-order chi connectivity index (χ0) is 12.8. The molecular weight excluding hydrogens is 247 g/mol. The molecule has 2 rings (SSSR count). The van der Waals surface area contributed by atoms with E-state index in [1.54, 1.807) is 36.3 Å². The van der Waals surface area contributed by atoms with Gasteiger partial charge in [-0.15, -0.1) is 11.8 Å². The Bertz CT molecular complexity index is 473. The van der Waals surface area contributed by atoms with Crippen LogP contribution in [0.3, 0.4) is 0 Å². The van der Waals surface area contributed by atoms with Crippen molar-refractivity contribution < 1.29 is 4.39 Å². The third-order valence-corrected chi connectivity index (χ3v) is 3.73. The topological polar surface area (TPSA) is 38.9 Å². The second-order valence-electron chi connectivity index (χ2n) is 4.08. The number of nitrogens with zero attached hydrogens (tertiary/aromatic N) is 1. The molecule has 2 N–H and O–H groups in total. The van der Waals surface area contributed by atoms with Crippen LogP contribution in [0.2, 0.25) is 0 Å². The van der Waals surface area contributed by atoms with Crippen molar-refractivity contribution in [3.63, 3.8) is 0 Å². The second kappa shape index (κ2) is 6.52. The van der Waals surface area contributed by atoms with E-state index in [1.807, 2.05) is 12.1 Å². The maximum Gasteiger partial charge on any atom is 0.123 e. The number of halogens is 1. The van der Waals surface area contributed by atoms with Gasteiger partial charge < -0.3 is 5.73 Å². The van der Waals surface area contributed by atoms with E-state index in [-0.39, 0.29) is 11.9 Å². The highest BCUT2D eigenvalue weighted by molar-refractivity contribution is 7.99. The summed E-state index contributed by atoms with van der Waals surface area (Å²) in [5, 5.41) is 0. The van der Waals surface area contributed by atoms with Gasteiger partial charge >= 0.3 is 0 Å². The fraction of sp³-hybridized carbons (Fsp3) is 0.214. The molecule has 0 aliphatic rings. The fourth-order valence-corrected chi connectivity index (χ4v) is 2.47. The van der Waals surface area contributed by atoms with E-state index < -0.39 is 0 Å². The first-order valence-corrected chi connectivity index (χ1v) is 6.75. The lowest BCUT2D eigenvalue weighted by Gasteiger charge is -2.11. The van der Waals surface area contributed by atoms with Crippen molar-refractivity contribution in [3.05, 3.63) is 60.2 Å². The van der Waals surface area contributed by atoms with Crippen molar-refractivity contribution >= 4 is 11.8 Å². The third-order valence-electron chi connectivity index (χ3n) is 2.52. The average Bonchev–Trinajstić information content (AvgIpc) is 2.39. The number of hydrogen-bond acceptors (Lipinski definition) is 3. The van der Waals surface area contributed by atoms with E-state index in [4.69, 9.17) is 5.73 Å². The van der Waals surface area contributed by atoms with Crippen molar-refractivity contribution in [1.29, 1.82) is 0 Å². The summed E-state index contributed by atoms with van der Waals surface area (Å²) in [6, 6.07) is 10.5. The highest BCUT2D eigenvalue weighted by Gasteiger charge is 2.05. The summed E-state index contributed by atoms with van der Waals surface area (Å²) in [5.74, 6) is 0.606. The van der Waals surface area contributed by atoms with E-state index in [0.29, 0.717) is 0 Å². The summed E-state index contributed by atoms with van der Waals surface area (Å²) in [7, 11) is 0. The monoisotopic (exact) mass is 262 g/mol. The summed E-state index contributed by atoms with van der Waals surface area (Å²) in [5.41, 5.74) is 7.26. The van der Waals surface area contributed by atoms with Crippen LogP contribution >= 0.6 is 11.8 Å². The summed E-state index contributed by atoms with van der Waals surface area (Å²) in [6.07, 6.45) is 4.38. The fourth-order valence-electron chi connectivity index (χ4n) is 1.61. The smallest absolute Gasteiger partial charge is 0.123 e. The number of hydrogen-bond donors (Lipinski definition) is 1. The Morgan fingerprint density at radius 2 is 1.78 bits per heavy atom. The number of aromatic nitrogens is 1. The first-order chi connectivity index (χ1) is 8.74. The van der Waals surface area contributed by atoms with E-state index in [9.17, 15) is 4.39 Å². The Balaban J connectivity index is 1.81. The van der Waals surface area contributed by atoms with Crippen LogP contribution in [0.15, 0.2) is 53.7 Å². The van der Waals surface area contributed by atoms with Gasteiger partial charge in [0.1, 0.15) is 5.82 Å². The molecule has 0 saturated carbocycles. The van der Waals surface area contributed by atoms with Gasteiger partial charge in [0.25, 0.3) is 0 Å². The highest BCUT2D eigenvalue weighted by Crippen LogP contribution is 2.19. The van der Waals surface area contributed by atoms with Crippen LogP contribution in [-0.2, 0) is 6.42 Å². The molecule has 0 fully saturated rings. The Morgan fingerprint density at radius 1 is 1.11 bits per heavy atom. The Hall–Kier alpha value is -1.39.